The Bertz CT molecular complexity index is 414. The van der Waals surface area contributed by atoms with Gasteiger partial charge in [0.2, 0.25) is 11.8 Å². The smallest absolute Gasteiger partial charge is 0.228 e. The summed E-state index contributed by atoms with van der Waals surface area (Å²) in [5.41, 5.74) is 0.908. The molecule has 0 saturated carbocycles. The molecule has 1 aliphatic rings. The lowest BCUT2D eigenvalue weighted by molar-refractivity contribution is 0.0280. The molecule has 106 valence electrons. The summed E-state index contributed by atoms with van der Waals surface area (Å²) >= 11 is 0. The predicted molar refractivity (Wildman–Crippen MR) is 71.8 cm³/mol. The highest BCUT2D eigenvalue weighted by atomic mass is 16.5. The van der Waals surface area contributed by atoms with E-state index in [1.165, 1.54) is 0 Å². The van der Waals surface area contributed by atoms with Crippen LogP contribution in [0.3, 0.4) is 0 Å². The van der Waals surface area contributed by atoms with Crippen molar-refractivity contribution in [3.63, 3.8) is 0 Å². The van der Waals surface area contributed by atoms with Gasteiger partial charge >= 0.3 is 0 Å². The highest BCUT2D eigenvalue weighted by molar-refractivity contribution is 5.35. The minimum absolute atomic E-state index is 0.227. The fourth-order valence-corrected chi connectivity index (χ4v) is 2.11. The summed E-state index contributed by atoms with van der Waals surface area (Å²) in [7, 11) is 3.30. The van der Waals surface area contributed by atoms with E-state index >= 15 is 0 Å². The number of anilines is 1. The first-order chi connectivity index (χ1) is 9.22. The van der Waals surface area contributed by atoms with Crippen LogP contribution in [0.5, 0.6) is 5.88 Å². The molecule has 1 aromatic rings. The Hall–Kier alpha value is -1.40. The molecule has 1 aromatic heterocycles. The Kier molecular flexibility index (Phi) is 4.93. The van der Waals surface area contributed by atoms with Crippen LogP contribution in [0, 0.1) is 6.92 Å². The molecule has 0 aromatic carbocycles. The second-order valence-corrected chi connectivity index (χ2v) is 4.57. The molecule has 1 fully saturated rings. The van der Waals surface area contributed by atoms with Gasteiger partial charge < -0.3 is 19.1 Å². The lowest BCUT2D eigenvalue weighted by Crippen LogP contribution is -2.25. The molecule has 1 unspecified atom stereocenters. The SMILES string of the molecule is COCCOC1CCN(c2nc(C)cc(OC)n2)C1. The van der Waals surface area contributed by atoms with Crippen molar-refractivity contribution in [3.8, 4) is 5.88 Å². The quantitative estimate of drug-likeness (QED) is 0.718. The third kappa shape index (κ3) is 3.78. The van der Waals surface area contributed by atoms with Gasteiger partial charge in [0.15, 0.2) is 0 Å². The first-order valence-corrected chi connectivity index (χ1v) is 6.48. The van der Waals surface area contributed by atoms with E-state index in [1.54, 1.807) is 14.2 Å². The lowest BCUT2D eigenvalue weighted by Gasteiger charge is -2.17. The second kappa shape index (κ2) is 6.68. The first kappa shape index (κ1) is 14.0. The van der Waals surface area contributed by atoms with Crippen LogP contribution < -0.4 is 9.64 Å². The average molecular weight is 267 g/mol. The Balaban J connectivity index is 1.94. The summed E-state index contributed by atoms with van der Waals surface area (Å²) < 4.78 is 15.9. The van der Waals surface area contributed by atoms with E-state index in [1.807, 2.05) is 13.0 Å². The van der Waals surface area contributed by atoms with Gasteiger partial charge in [0, 0.05) is 32.0 Å². The molecule has 0 amide bonds. The molecule has 2 rings (SSSR count). The van der Waals surface area contributed by atoms with Crippen molar-refractivity contribution in [2.45, 2.75) is 19.4 Å². The van der Waals surface area contributed by atoms with Crippen molar-refractivity contribution in [1.82, 2.24) is 9.97 Å². The van der Waals surface area contributed by atoms with Crippen LogP contribution in [0.25, 0.3) is 0 Å². The summed E-state index contributed by atoms with van der Waals surface area (Å²) in [6.07, 6.45) is 1.22. The van der Waals surface area contributed by atoms with E-state index in [4.69, 9.17) is 14.2 Å². The van der Waals surface area contributed by atoms with Crippen LogP contribution in [-0.2, 0) is 9.47 Å². The van der Waals surface area contributed by atoms with Crippen molar-refractivity contribution in [2.24, 2.45) is 0 Å². The van der Waals surface area contributed by atoms with Gasteiger partial charge in [0.05, 0.1) is 26.4 Å². The fourth-order valence-electron chi connectivity index (χ4n) is 2.11. The number of aromatic nitrogens is 2. The maximum absolute atomic E-state index is 5.73. The van der Waals surface area contributed by atoms with E-state index < -0.39 is 0 Å². The van der Waals surface area contributed by atoms with Gasteiger partial charge in [-0.2, -0.15) is 4.98 Å². The minimum atomic E-state index is 0.227. The number of aryl methyl sites for hydroxylation is 1. The average Bonchev–Trinajstić information content (AvgIpc) is 2.87. The van der Waals surface area contributed by atoms with E-state index in [0.29, 0.717) is 19.1 Å². The standard InChI is InChI=1S/C13H21N3O3/c1-10-8-12(18-3)15-13(14-10)16-5-4-11(9-16)19-7-6-17-2/h8,11H,4-7,9H2,1-3H3. The van der Waals surface area contributed by atoms with Gasteiger partial charge in [0.1, 0.15) is 0 Å². The molecule has 0 aliphatic carbocycles. The van der Waals surface area contributed by atoms with E-state index in [-0.39, 0.29) is 6.10 Å². The largest absolute Gasteiger partial charge is 0.481 e. The summed E-state index contributed by atoms with van der Waals surface area (Å²) in [5, 5.41) is 0. The number of rotatable bonds is 6. The molecule has 0 bridgehead atoms. The number of hydrogen-bond donors (Lipinski definition) is 0. The molecular weight excluding hydrogens is 246 g/mol. The topological polar surface area (TPSA) is 56.7 Å². The van der Waals surface area contributed by atoms with E-state index in [2.05, 4.69) is 14.9 Å². The Morgan fingerprint density at radius 3 is 2.89 bits per heavy atom. The number of hydrogen-bond acceptors (Lipinski definition) is 6. The Morgan fingerprint density at radius 1 is 1.32 bits per heavy atom. The van der Waals surface area contributed by atoms with Gasteiger partial charge in [-0.15, -0.1) is 0 Å². The van der Waals surface area contributed by atoms with Gasteiger partial charge in [-0.1, -0.05) is 0 Å². The molecule has 0 radical (unpaired) electrons. The third-order valence-corrected chi connectivity index (χ3v) is 3.10. The number of nitrogens with zero attached hydrogens (tertiary/aromatic N) is 3. The van der Waals surface area contributed by atoms with Crippen molar-refractivity contribution < 1.29 is 14.2 Å². The monoisotopic (exact) mass is 267 g/mol. The highest BCUT2D eigenvalue weighted by Crippen LogP contribution is 2.21. The third-order valence-electron chi connectivity index (χ3n) is 3.10. The van der Waals surface area contributed by atoms with E-state index in [9.17, 15) is 0 Å². The summed E-state index contributed by atoms with van der Waals surface area (Å²) in [5.74, 6) is 1.32. The highest BCUT2D eigenvalue weighted by Gasteiger charge is 2.25. The van der Waals surface area contributed by atoms with Gasteiger partial charge in [-0.3, -0.25) is 0 Å². The minimum Gasteiger partial charge on any atom is -0.481 e. The summed E-state index contributed by atoms with van der Waals surface area (Å²) in [6, 6.07) is 1.83. The maximum Gasteiger partial charge on any atom is 0.228 e. The van der Waals surface area contributed by atoms with Crippen LogP contribution in [0.1, 0.15) is 12.1 Å². The zero-order valence-corrected chi connectivity index (χ0v) is 11.8. The molecule has 2 heterocycles. The van der Waals surface area contributed by atoms with Crippen LogP contribution in [0.15, 0.2) is 6.07 Å². The molecular formula is C13H21N3O3. The van der Waals surface area contributed by atoms with Gasteiger partial charge in [0.25, 0.3) is 0 Å². The van der Waals surface area contributed by atoms with Crippen LogP contribution >= 0.6 is 0 Å². The molecule has 1 atom stereocenters. The Morgan fingerprint density at radius 2 is 2.16 bits per heavy atom. The first-order valence-electron chi connectivity index (χ1n) is 6.48. The maximum atomic E-state index is 5.73. The van der Waals surface area contributed by atoms with Crippen molar-refractivity contribution in [3.05, 3.63) is 11.8 Å². The number of ether oxygens (including phenoxy) is 3. The molecule has 1 aliphatic heterocycles. The van der Waals surface area contributed by atoms with Gasteiger partial charge in [-0.05, 0) is 13.3 Å². The van der Waals surface area contributed by atoms with E-state index in [0.717, 1.165) is 31.2 Å². The Labute approximate surface area is 113 Å². The predicted octanol–water partition coefficient (Wildman–Crippen LogP) is 1.04. The molecule has 1 saturated heterocycles. The summed E-state index contributed by atoms with van der Waals surface area (Å²) in [6.45, 7) is 4.93. The van der Waals surface area contributed by atoms with Crippen LogP contribution in [-0.4, -0.2) is 56.6 Å². The van der Waals surface area contributed by atoms with Crippen LogP contribution in [0.2, 0.25) is 0 Å². The summed E-state index contributed by atoms with van der Waals surface area (Å²) in [4.78, 5) is 11.0. The van der Waals surface area contributed by atoms with Crippen LogP contribution in [0.4, 0.5) is 5.95 Å². The van der Waals surface area contributed by atoms with Crippen molar-refractivity contribution >= 4 is 5.95 Å². The second-order valence-electron chi connectivity index (χ2n) is 4.57. The molecule has 6 heteroatoms. The zero-order chi connectivity index (χ0) is 13.7. The zero-order valence-electron chi connectivity index (χ0n) is 11.8. The molecule has 19 heavy (non-hydrogen) atoms. The molecule has 0 spiro atoms. The lowest BCUT2D eigenvalue weighted by atomic mass is 10.3. The molecule has 0 N–H and O–H groups in total. The van der Waals surface area contributed by atoms with Gasteiger partial charge in [-0.25, -0.2) is 4.98 Å². The number of methoxy groups -OCH3 is 2. The fraction of sp³-hybridized carbons (Fsp3) is 0.692. The normalized spacial score (nSPS) is 18.9. The van der Waals surface area contributed by atoms with Crippen molar-refractivity contribution in [2.75, 3.05) is 45.4 Å². The molecule has 6 nitrogen and oxygen atoms in total. The van der Waals surface area contributed by atoms with Crippen molar-refractivity contribution in [1.29, 1.82) is 0 Å².